The summed E-state index contributed by atoms with van der Waals surface area (Å²) >= 11 is 6.29. The molecule has 2 aliphatic rings. The Morgan fingerprint density at radius 1 is 1.16 bits per heavy atom. The number of fused-ring (bicyclic) bond motifs is 1. The number of imidazole rings is 1. The SMILES string of the molecule is Oc1cccc(-c2nccn2CC[C@@H]2CCCN3CCCC[C@H]23)c1Cl. The summed E-state index contributed by atoms with van der Waals surface area (Å²) in [7, 11) is 0. The summed E-state index contributed by atoms with van der Waals surface area (Å²) < 4.78 is 2.18. The summed E-state index contributed by atoms with van der Waals surface area (Å²) in [6.07, 6.45) is 11.8. The molecule has 2 fully saturated rings. The van der Waals surface area contributed by atoms with Crippen LogP contribution >= 0.6 is 11.6 Å². The van der Waals surface area contributed by atoms with Crippen LogP contribution in [0.25, 0.3) is 11.4 Å². The molecule has 2 saturated heterocycles. The van der Waals surface area contributed by atoms with Gasteiger partial charge in [0.25, 0.3) is 0 Å². The molecule has 5 heteroatoms. The first-order valence-electron chi connectivity index (χ1n) is 9.47. The zero-order chi connectivity index (χ0) is 17.2. The molecule has 25 heavy (non-hydrogen) atoms. The second-order valence-corrected chi connectivity index (χ2v) is 7.75. The third-order valence-electron chi connectivity index (χ3n) is 5.90. The molecule has 2 aromatic rings. The Balaban J connectivity index is 1.49. The Morgan fingerprint density at radius 2 is 2.04 bits per heavy atom. The number of aryl methyl sites for hydroxylation is 1. The number of nitrogens with zero attached hydrogens (tertiary/aromatic N) is 3. The van der Waals surface area contributed by atoms with E-state index in [1.807, 2.05) is 24.5 Å². The van der Waals surface area contributed by atoms with Gasteiger partial charge in [-0.1, -0.05) is 24.1 Å². The fraction of sp³-hybridized carbons (Fsp3) is 0.550. The second kappa shape index (κ2) is 7.38. The smallest absolute Gasteiger partial charge is 0.141 e. The molecule has 4 nitrogen and oxygen atoms in total. The van der Waals surface area contributed by atoms with E-state index in [1.54, 1.807) is 6.07 Å². The van der Waals surface area contributed by atoms with Crippen LogP contribution in [0, 0.1) is 5.92 Å². The molecule has 0 amide bonds. The fourth-order valence-corrected chi connectivity index (χ4v) is 4.86. The topological polar surface area (TPSA) is 41.3 Å². The van der Waals surface area contributed by atoms with Gasteiger partial charge < -0.3 is 14.6 Å². The number of halogens is 1. The van der Waals surface area contributed by atoms with Gasteiger partial charge in [-0.05, 0) is 63.2 Å². The van der Waals surface area contributed by atoms with E-state index in [1.165, 1.54) is 51.6 Å². The minimum absolute atomic E-state index is 0.110. The van der Waals surface area contributed by atoms with Crippen molar-refractivity contribution >= 4 is 11.6 Å². The van der Waals surface area contributed by atoms with Crippen LogP contribution in [0.2, 0.25) is 5.02 Å². The number of phenols is 1. The average molecular weight is 360 g/mol. The molecule has 0 spiro atoms. The molecular formula is C20H26ClN3O. The summed E-state index contributed by atoms with van der Waals surface area (Å²) in [6.45, 7) is 3.53. The molecule has 2 atom stereocenters. The van der Waals surface area contributed by atoms with Crippen LogP contribution in [0.1, 0.15) is 38.5 Å². The van der Waals surface area contributed by atoms with Gasteiger partial charge in [-0.3, -0.25) is 0 Å². The predicted molar refractivity (Wildman–Crippen MR) is 101 cm³/mol. The van der Waals surface area contributed by atoms with Crippen molar-refractivity contribution in [1.82, 2.24) is 14.5 Å². The average Bonchev–Trinajstić information content (AvgIpc) is 3.10. The Bertz CT molecular complexity index is 727. The lowest BCUT2D eigenvalue weighted by Crippen LogP contribution is -2.48. The molecule has 0 bridgehead atoms. The van der Waals surface area contributed by atoms with Crippen LogP contribution in [-0.2, 0) is 6.54 Å². The van der Waals surface area contributed by atoms with Gasteiger partial charge in [0.15, 0.2) is 0 Å². The third-order valence-corrected chi connectivity index (χ3v) is 6.30. The van der Waals surface area contributed by atoms with Gasteiger partial charge in [0.05, 0.1) is 5.02 Å². The van der Waals surface area contributed by atoms with Crippen molar-refractivity contribution in [2.45, 2.75) is 51.1 Å². The van der Waals surface area contributed by atoms with Crippen LogP contribution in [0.4, 0.5) is 0 Å². The van der Waals surface area contributed by atoms with Crippen LogP contribution < -0.4 is 0 Å². The van der Waals surface area contributed by atoms with Crippen LogP contribution in [0.3, 0.4) is 0 Å². The number of phenolic OH excluding ortho intramolecular Hbond substituents is 1. The number of hydrogen-bond donors (Lipinski definition) is 1. The number of benzene rings is 1. The molecule has 134 valence electrons. The summed E-state index contributed by atoms with van der Waals surface area (Å²) in [6, 6.07) is 6.12. The van der Waals surface area contributed by atoms with Gasteiger partial charge in [-0.15, -0.1) is 0 Å². The van der Waals surface area contributed by atoms with Crippen molar-refractivity contribution in [3.8, 4) is 17.1 Å². The highest BCUT2D eigenvalue weighted by molar-refractivity contribution is 6.34. The van der Waals surface area contributed by atoms with Gasteiger partial charge in [0, 0.05) is 30.5 Å². The van der Waals surface area contributed by atoms with E-state index in [0.29, 0.717) is 5.02 Å². The molecule has 1 N–H and O–H groups in total. The number of aromatic nitrogens is 2. The van der Waals surface area contributed by atoms with Gasteiger partial charge >= 0.3 is 0 Å². The number of rotatable bonds is 4. The lowest BCUT2D eigenvalue weighted by atomic mass is 9.81. The normalized spacial score (nSPS) is 24.2. The standard InChI is InChI=1S/C20H26ClN3O/c21-19-16(6-3-8-18(19)25)20-22-10-14-24(20)13-9-15-5-4-12-23-11-2-1-7-17(15)23/h3,6,8,10,14-15,17,25H,1-2,4-5,7,9,11-13H2/t15-,17+/m0/s1. The van der Waals surface area contributed by atoms with E-state index >= 15 is 0 Å². The summed E-state index contributed by atoms with van der Waals surface area (Å²) in [5.41, 5.74) is 0.801. The summed E-state index contributed by atoms with van der Waals surface area (Å²) in [4.78, 5) is 7.21. The highest BCUT2D eigenvalue weighted by atomic mass is 35.5. The molecule has 0 unspecified atom stereocenters. The van der Waals surface area contributed by atoms with Gasteiger partial charge in [-0.2, -0.15) is 0 Å². The fourth-order valence-electron chi connectivity index (χ4n) is 4.65. The molecule has 0 radical (unpaired) electrons. The summed E-state index contributed by atoms with van der Waals surface area (Å²) in [5.74, 6) is 1.74. The van der Waals surface area contributed by atoms with Crippen molar-refractivity contribution in [1.29, 1.82) is 0 Å². The van der Waals surface area contributed by atoms with Crippen molar-refractivity contribution in [2.24, 2.45) is 5.92 Å². The van der Waals surface area contributed by atoms with Crippen LogP contribution in [0.5, 0.6) is 5.75 Å². The van der Waals surface area contributed by atoms with E-state index in [-0.39, 0.29) is 5.75 Å². The number of piperidine rings is 2. The molecular weight excluding hydrogens is 334 g/mol. The maximum absolute atomic E-state index is 9.88. The van der Waals surface area contributed by atoms with E-state index in [0.717, 1.165) is 29.9 Å². The minimum atomic E-state index is 0.110. The Labute approximate surface area is 154 Å². The van der Waals surface area contributed by atoms with Crippen LogP contribution in [-0.4, -0.2) is 38.7 Å². The number of hydrogen-bond acceptors (Lipinski definition) is 3. The summed E-state index contributed by atoms with van der Waals surface area (Å²) in [5, 5.41) is 10.3. The predicted octanol–water partition coefficient (Wildman–Crippen LogP) is 4.56. The molecule has 0 aliphatic carbocycles. The maximum Gasteiger partial charge on any atom is 0.141 e. The highest BCUT2D eigenvalue weighted by Gasteiger charge is 2.32. The molecule has 1 aromatic carbocycles. The molecule has 2 aliphatic heterocycles. The Hall–Kier alpha value is -1.52. The largest absolute Gasteiger partial charge is 0.506 e. The first-order valence-corrected chi connectivity index (χ1v) is 9.85. The molecule has 0 saturated carbocycles. The number of aromatic hydroxyl groups is 1. The van der Waals surface area contributed by atoms with Crippen molar-refractivity contribution in [3.63, 3.8) is 0 Å². The second-order valence-electron chi connectivity index (χ2n) is 7.37. The van der Waals surface area contributed by atoms with Crippen molar-refractivity contribution < 1.29 is 5.11 Å². The van der Waals surface area contributed by atoms with Crippen LogP contribution in [0.15, 0.2) is 30.6 Å². The van der Waals surface area contributed by atoms with E-state index in [2.05, 4.69) is 14.5 Å². The van der Waals surface area contributed by atoms with Crippen molar-refractivity contribution in [2.75, 3.05) is 13.1 Å². The molecule has 1 aromatic heterocycles. The quantitative estimate of drug-likeness (QED) is 0.869. The third kappa shape index (κ3) is 3.42. The lowest BCUT2D eigenvalue weighted by Gasteiger charge is -2.44. The first kappa shape index (κ1) is 16.9. The molecule has 4 rings (SSSR count). The van der Waals surface area contributed by atoms with Crippen molar-refractivity contribution in [3.05, 3.63) is 35.6 Å². The lowest BCUT2D eigenvalue weighted by molar-refractivity contribution is 0.0539. The van der Waals surface area contributed by atoms with E-state index in [4.69, 9.17) is 11.6 Å². The zero-order valence-corrected chi connectivity index (χ0v) is 15.3. The zero-order valence-electron chi connectivity index (χ0n) is 14.6. The van der Waals surface area contributed by atoms with Gasteiger partial charge in [-0.25, -0.2) is 4.98 Å². The van der Waals surface area contributed by atoms with Gasteiger partial charge in [0.2, 0.25) is 0 Å². The van der Waals surface area contributed by atoms with E-state index in [9.17, 15) is 5.11 Å². The Morgan fingerprint density at radius 3 is 2.96 bits per heavy atom. The monoisotopic (exact) mass is 359 g/mol. The van der Waals surface area contributed by atoms with Gasteiger partial charge in [0.1, 0.15) is 11.6 Å². The minimum Gasteiger partial charge on any atom is -0.506 e. The maximum atomic E-state index is 9.88. The Kier molecular flexibility index (Phi) is 5.00. The van der Waals surface area contributed by atoms with E-state index < -0.39 is 0 Å². The molecule has 3 heterocycles. The first-order chi connectivity index (χ1) is 12.2. The highest BCUT2D eigenvalue weighted by Crippen LogP contribution is 2.35.